The van der Waals surface area contributed by atoms with Crippen LogP contribution in [0.15, 0.2) is 76.7 Å². The predicted molar refractivity (Wildman–Crippen MR) is 126 cm³/mol. The number of nitrogens with one attached hydrogen (secondary N) is 1. The van der Waals surface area contributed by atoms with Crippen molar-refractivity contribution in [3.63, 3.8) is 0 Å². The molecule has 1 N–H and O–H groups in total. The number of hydrazone groups is 1. The van der Waals surface area contributed by atoms with Crippen LogP contribution in [0.5, 0.6) is 5.75 Å². The number of aromatic nitrogens is 3. The summed E-state index contributed by atoms with van der Waals surface area (Å²) < 4.78 is 12.8. The molecule has 0 aliphatic rings. The van der Waals surface area contributed by atoms with Gasteiger partial charge in [-0.2, -0.15) is 15.5 Å². The number of rotatable bonds is 9. The Bertz CT molecular complexity index is 1250. The van der Waals surface area contributed by atoms with Crippen molar-refractivity contribution in [2.75, 3.05) is 12.0 Å². The molecular weight excluding hydrogens is 416 g/mol. The molecule has 2 heterocycles. The minimum atomic E-state index is 0.139. The van der Waals surface area contributed by atoms with E-state index in [2.05, 4.69) is 29.4 Å². The van der Waals surface area contributed by atoms with Crippen molar-refractivity contribution in [1.29, 1.82) is 5.26 Å². The molecule has 0 aliphatic heterocycles. The fourth-order valence-electron chi connectivity index (χ4n) is 3.11. The van der Waals surface area contributed by atoms with Crippen molar-refractivity contribution in [2.45, 2.75) is 20.3 Å². The van der Waals surface area contributed by atoms with E-state index in [9.17, 15) is 0 Å². The second-order valence-corrected chi connectivity index (χ2v) is 7.78. The zero-order valence-corrected chi connectivity index (χ0v) is 18.5. The summed E-state index contributed by atoms with van der Waals surface area (Å²) in [6.07, 6.45) is 5.74. The van der Waals surface area contributed by atoms with Crippen LogP contribution >= 0.6 is 0 Å². The number of oxazole rings is 1. The van der Waals surface area contributed by atoms with E-state index in [1.165, 1.54) is 6.39 Å². The molecule has 2 aromatic carbocycles. The zero-order valence-electron chi connectivity index (χ0n) is 18.5. The van der Waals surface area contributed by atoms with Gasteiger partial charge in [-0.05, 0) is 48.7 Å². The van der Waals surface area contributed by atoms with E-state index in [1.54, 1.807) is 10.9 Å². The van der Waals surface area contributed by atoms with Crippen molar-refractivity contribution < 1.29 is 9.15 Å². The summed E-state index contributed by atoms with van der Waals surface area (Å²) in [7, 11) is 0. The van der Waals surface area contributed by atoms with Crippen LogP contribution in [0.1, 0.15) is 31.5 Å². The van der Waals surface area contributed by atoms with Crippen LogP contribution in [-0.4, -0.2) is 27.6 Å². The Hall–Kier alpha value is -4.38. The van der Waals surface area contributed by atoms with Crippen LogP contribution in [0.3, 0.4) is 0 Å². The highest BCUT2D eigenvalue weighted by molar-refractivity contribution is 5.89. The standard InChI is InChI=1S/C25H24N6O2/c1-18(2)12-13-32-22-10-8-19(9-11-22)24-20(15-28-29-25-23(14-26)27-17-33-25)16-31(30-24)21-6-4-3-5-7-21/h3-11,15-18,29H,12-13H2,1-2H3. The highest BCUT2D eigenvalue weighted by atomic mass is 16.5. The third-order valence-electron chi connectivity index (χ3n) is 4.90. The Labute approximate surface area is 192 Å². The second-order valence-electron chi connectivity index (χ2n) is 7.78. The number of para-hydroxylation sites is 1. The van der Waals surface area contributed by atoms with Crippen molar-refractivity contribution in [3.05, 3.63) is 78.4 Å². The topological polar surface area (TPSA) is 101 Å². The van der Waals surface area contributed by atoms with Crippen LogP contribution in [0, 0.1) is 17.2 Å². The molecular formula is C25H24N6O2. The molecule has 0 fully saturated rings. The minimum absolute atomic E-state index is 0.139. The van der Waals surface area contributed by atoms with E-state index in [4.69, 9.17) is 19.5 Å². The Balaban J connectivity index is 1.60. The number of hydrogen-bond donors (Lipinski definition) is 1. The van der Waals surface area contributed by atoms with Crippen molar-refractivity contribution >= 4 is 12.1 Å². The van der Waals surface area contributed by atoms with Crippen LogP contribution in [0.4, 0.5) is 5.88 Å². The first-order chi connectivity index (χ1) is 16.1. The fraction of sp³-hybridized carbons (Fsp3) is 0.200. The third kappa shape index (κ3) is 5.46. The van der Waals surface area contributed by atoms with E-state index < -0.39 is 0 Å². The van der Waals surface area contributed by atoms with Crippen molar-refractivity contribution in [1.82, 2.24) is 14.8 Å². The maximum Gasteiger partial charge on any atom is 0.251 e. The van der Waals surface area contributed by atoms with Crippen LogP contribution < -0.4 is 10.2 Å². The molecule has 0 radical (unpaired) electrons. The number of nitriles is 1. The van der Waals surface area contributed by atoms with Gasteiger partial charge < -0.3 is 9.15 Å². The van der Waals surface area contributed by atoms with Gasteiger partial charge in [0.1, 0.15) is 17.5 Å². The Morgan fingerprint density at radius 1 is 1.18 bits per heavy atom. The molecule has 4 rings (SSSR count). The molecule has 8 heteroatoms. The Kier molecular flexibility index (Phi) is 6.81. The number of benzene rings is 2. The average molecular weight is 441 g/mol. The number of nitrogens with zero attached hydrogens (tertiary/aromatic N) is 5. The lowest BCUT2D eigenvalue weighted by Crippen LogP contribution is -2.01. The number of ether oxygens (including phenoxy) is 1. The molecule has 4 aromatic rings. The van der Waals surface area contributed by atoms with Crippen LogP contribution in [0.25, 0.3) is 16.9 Å². The van der Waals surface area contributed by atoms with Gasteiger partial charge in [-0.1, -0.05) is 32.0 Å². The first-order valence-electron chi connectivity index (χ1n) is 10.6. The van der Waals surface area contributed by atoms with Crippen LogP contribution in [-0.2, 0) is 0 Å². The van der Waals surface area contributed by atoms with E-state index in [0.29, 0.717) is 12.5 Å². The van der Waals surface area contributed by atoms with Gasteiger partial charge in [0.2, 0.25) is 5.69 Å². The summed E-state index contributed by atoms with van der Waals surface area (Å²) in [4.78, 5) is 3.82. The molecule has 0 saturated heterocycles. The smallest absolute Gasteiger partial charge is 0.251 e. The van der Waals surface area contributed by atoms with Crippen LogP contribution in [0.2, 0.25) is 0 Å². The average Bonchev–Trinajstić information content (AvgIpc) is 3.47. The molecule has 0 amide bonds. The first kappa shape index (κ1) is 21.8. The molecule has 0 unspecified atom stereocenters. The summed E-state index contributed by atoms with van der Waals surface area (Å²) in [6, 6.07) is 19.7. The third-order valence-corrected chi connectivity index (χ3v) is 4.90. The normalized spacial score (nSPS) is 11.1. The van der Waals surface area contributed by atoms with Crippen molar-refractivity contribution in [2.24, 2.45) is 11.0 Å². The molecule has 2 aromatic heterocycles. The number of anilines is 1. The van der Waals surface area contributed by atoms with Crippen molar-refractivity contribution in [3.8, 4) is 28.8 Å². The van der Waals surface area contributed by atoms with Gasteiger partial charge in [-0.15, -0.1) is 0 Å². The minimum Gasteiger partial charge on any atom is -0.494 e. The molecule has 8 nitrogen and oxygen atoms in total. The van der Waals surface area contributed by atoms with Gasteiger partial charge in [0.05, 0.1) is 18.5 Å². The van der Waals surface area contributed by atoms with Gasteiger partial charge >= 0.3 is 0 Å². The quantitative estimate of drug-likeness (QED) is 0.281. The summed E-state index contributed by atoms with van der Waals surface area (Å²) >= 11 is 0. The summed E-state index contributed by atoms with van der Waals surface area (Å²) in [6.45, 7) is 5.05. The monoisotopic (exact) mass is 440 g/mol. The van der Waals surface area contributed by atoms with Gasteiger partial charge in [0.15, 0.2) is 6.39 Å². The van der Waals surface area contributed by atoms with Gasteiger partial charge in [-0.25, -0.2) is 15.1 Å². The second kappa shape index (κ2) is 10.3. The van der Waals surface area contributed by atoms with E-state index in [-0.39, 0.29) is 11.6 Å². The van der Waals surface area contributed by atoms with E-state index >= 15 is 0 Å². The van der Waals surface area contributed by atoms with Gasteiger partial charge in [0, 0.05) is 17.3 Å². The zero-order chi connectivity index (χ0) is 23.0. The molecule has 0 saturated carbocycles. The summed E-state index contributed by atoms with van der Waals surface area (Å²) in [5, 5.41) is 18.1. The highest BCUT2D eigenvalue weighted by Gasteiger charge is 2.12. The molecule has 166 valence electrons. The maximum absolute atomic E-state index is 9.06. The summed E-state index contributed by atoms with van der Waals surface area (Å²) in [5.41, 5.74) is 6.27. The SMILES string of the molecule is CC(C)CCOc1ccc(-c2nn(-c3ccccc3)cc2C=NNc2ocnc2C#N)cc1. The lowest BCUT2D eigenvalue weighted by Gasteiger charge is -2.08. The maximum atomic E-state index is 9.06. The van der Waals surface area contributed by atoms with Gasteiger partial charge in [0.25, 0.3) is 5.88 Å². The van der Waals surface area contributed by atoms with Gasteiger partial charge in [-0.3, -0.25) is 0 Å². The largest absolute Gasteiger partial charge is 0.494 e. The molecule has 0 bridgehead atoms. The lowest BCUT2D eigenvalue weighted by atomic mass is 10.1. The summed E-state index contributed by atoms with van der Waals surface area (Å²) in [5.74, 6) is 1.62. The molecule has 33 heavy (non-hydrogen) atoms. The Morgan fingerprint density at radius 2 is 1.97 bits per heavy atom. The van der Waals surface area contributed by atoms with E-state index in [0.717, 1.165) is 34.7 Å². The number of hydrogen-bond acceptors (Lipinski definition) is 7. The lowest BCUT2D eigenvalue weighted by molar-refractivity contribution is 0.289. The Morgan fingerprint density at radius 3 is 2.70 bits per heavy atom. The van der Waals surface area contributed by atoms with E-state index in [1.807, 2.05) is 66.9 Å². The first-order valence-corrected chi connectivity index (χ1v) is 10.6. The highest BCUT2D eigenvalue weighted by Crippen LogP contribution is 2.25. The predicted octanol–water partition coefficient (Wildman–Crippen LogP) is 5.27. The molecule has 0 atom stereocenters. The molecule has 0 aliphatic carbocycles. The molecule has 0 spiro atoms. The fourth-order valence-corrected chi connectivity index (χ4v) is 3.11.